The summed E-state index contributed by atoms with van der Waals surface area (Å²) in [4.78, 5) is 13.1. The normalized spacial score (nSPS) is 25.4. The number of sulfonamides is 1. The van der Waals surface area contributed by atoms with E-state index in [2.05, 4.69) is 4.72 Å². The molecule has 2 N–H and O–H groups in total. The number of likely N-dealkylation sites (tertiary alicyclic amines) is 1. The Balaban J connectivity index is 1.88. The minimum absolute atomic E-state index is 0.0510. The fourth-order valence-corrected chi connectivity index (χ4v) is 5.81. The van der Waals surface area contributed by atoms with Gasteiger partial charge in [0.2, 0.25) is 15.9 Å². The maximum atomic E-state index is 13.0. The van der Waals surface area contributed by atoms with E-state index in [0.29, 0.717) is 5.56 Å². The van der Waals surface area contributed by atoms with Gasteiger partial charge in [0.05, 0.1) is 5.02 Å². The van der Waals surface area contributed by atoms with Crippen molar-refractivity contribution in [2.45, 2.75) is 74.4 Å². The molecule has 27 heavy (non-hydrogen) atoms. The molecule has 1 amide bonds. The Bertz CT molecular complexity index is 806. The minimum atomic E-state index is -3.83. The quantitative estimate of drug-likeness (QED) is 0.792. The van der Waals surface area contributed by atoms with Crippen LogP contribution in [0.2, 0.25) is 5.02 Å². The molecule has 2 aliphatic rings. The third-order valence-electron chi connectivity index (χ3n) is 5.73. The molecule has 0 aromatic heterocycles. The molecule has 1 aromatic rings. The van der Waals surface area contributed by atoms with Gasteiger partial charge in [-0.1, -0.05) is 49.8 Å². The number of nitrogens with one attached hydrogen (secondary N) is 1. The van der Waals surface area contributed by atoms with Gasteiger partial charge in [-0.2, -0.15) is 0 Å². The monoisotopic (exact) mass is 414 g/mol. The van der Waals surface area contributed by atoms with Crippen LogP contribution < -0.4 is 4.72 Å². The zero-order chi connectivity index (χ0) is 19.7. The van der Waals surface area contributed by atoms with Crippen LogP contribution in [-0.2, 0) is 20.5 Å². The lowest BCUT2D eigenvalue weighted by Crippen LogP contribution is -2.40. The summed E-state index contributed by atoms with van der Waals surface area (Å²) in [5.41, 5.74) is -1.15. The third kappa shape index (κ3) is 4.31. The molecule has 6 nitrogen and oxygen atoms in total. The molecular formula is C19H27ClN2O4S. The van der Waals surface area contributed by atoms with Gasteiger partial charge in [-0.25, -0.2) is 13.1 Å². The number of rotatable bonds is 4. The average Bonchev–Trinajstić information content (AvgIpc) is 2.86. The first-order chi connectivity index (χ1) is 12.7. The predicted octanol–water partition coefficient (Wildman–Crippen LogP) is 3.13. The van der Waals surface area contributed by atoms with Gasteiger partial charge >= 0.3 is 0 Å². The molecular weight excluding hydrogens is 388 g/mol. The second-order valence-corrected chi connectivity index (χ2v) is 9.67. The number of hydrogen-bond donors (Lipinski definition) is 2. The Morgan fingerprint density at radius 2 is 1.81 bits per heavy atom. The summed E-state index contributed by atoms with van der Waals surface area (Å²) in [5.74, 6) is -0.176. The summed E-state index contributed by atoms with van der Waals surface area (Å²) in [7, 11) is -2.31. The van der Waals surface area contributed by atoms with E-state index in [1.54, 1.807) is 6.07 Å². The van der Waals surface area contributed by atoms with Crippen molar-refractivity contribution in [3.05, 3.63) is 28.8 Å². The van der Waals surface area contributed by atoms with Crippen LogP contribution in [0.3, 0.4) is 0 Å². The maximum absolute atomic E-state index is 13.0. The van der Waals surface area contributed by atoms with Gasteiger partial charge in [0.15, 0.2) is 5.72 Å². The Morgan fingerprint density at radius 1 is 1.19 bits per heavy atom. The zero-order valence-corrected chi connectivity index (χ0v) is 17.2. The number of aliphatic hydroxyl groups is 1. The molecule has 1 saturated heterocycles. The summed E-state index contributed by atoms with van der Waals surface area (Å²) < 4.78 is 28.8. The SMILES string of the molecule is CN1C(=O)CCC1(O)c1ccc(Cl)c(S(=O)(=O)NC2CCCCCCC2)c1. The lowest BCUT2D eigenvalue weighted by molar-refractivity contribution is -0.142. The van der Waals surface area contributed by atoms with Crippen molar-refractivity contribution in [3.8, 4) is 0 Å². The fraction of sp³-hybridized carbons (Fsp3) is 0.632. The molecule has 1 atom stereocenters. The van der Waals surface area contributed by atoms with E-state index in [4.69, 9.17) is 11.6 Å². The second-order valence-electron chi connectivity index (χ2n) is 7.58. The van der Waals surface area contributed by atoms with Crippen molar-refractivity contribution >= 4 is 27.5 Å². The molecule has 1 unspecified atom stereocenters. The van der Waals surface area contributed by atoms with E-state index in [-0.39, 0.29) is 34.7 Å². The highest BCUT2D eigenvalue weighted by Gasteiger charge is 2.43. The van der Waals surface area contributed by atoms with Crippen molar-refractivity contribution in [2.24, 2.45) is 0 Å². The molecule has 8 heteroatoms. The summed E-state index contributed by atoms with van der Waals surface area (Å²) in [6.07, 6.45) is 7.55. The van der Waals surface area contributed by atoms with Crippen LogP contribution in [-0.4, -0.2) is 37.4 Å². The van der Waals surface area contributed by atoms with Gasteiger partial charge in [-0.3, -0.25) is 4.79 Å². The van der Waals surface area contributed by atoms with Crippen LogP contribution >= 0.6 is 11.6 Å². The van der Waals surface area contributed by atoms with Crippen LogP contribution in [0, 0.1) is 0 Å². The molecule has 3 rings (SSSR count). The largest absolute Gasteiger partial charge is 0.367 e. The number of halogens is 1. The Kier molecular flexibility index (Phi) is 6.15. The molecule has 1 saturated carbocycles. The smallest absolute Gasteiger partial charge is 0.242 e. The fourth-order valence-electron chi connectivity index (χ4n) is 3.98. The Morgan fingerprint density at radius 3 is 2.41 bits per heavy atom. The summed E-state index contributed by atoms with van der Waals surface area (Å²) in [6, 6.07) is 4.33. The minimum Gasteiger partial charge on any atom is -0.367 e. The van der Waals surface area contributed by atoms with E-state index in [0.717, 1.165) is 38.5 Å². The lowest BCUT2D eigenvalue weighted by Gasteiger charge is -2.31. The maximum Gasteiger partial charge on any atom is 0.242 e. The van der Waals surface area contributed by atoms with Crippen molar-refractivity contribution in [1.29, 1.82) is 0 Å². The van der Waals surface area contributed by atoms with E-state index in [1.165, 1.54) is 30.5 Å². The summed E-state index contributed by atoms with van der Waals surface area (Å²) in [5, 5.41) is 11.0. The lowest BCUT2D eigenvalue weighted by atomic mass is 9.97. The van der Waals surface area contributed by atoms with Crippen LogP contribution in [0.15, 0.2) is 23.1 Å². The van der Waals surface area contributed by atoms with Crippen molar-refractivity contribution in [2.75, 3.05) is 7.05 Å². The number of amides is 1. The van der Waals surface area contributed by atoms with Crippen LogP contribution in [0.25, 0.3) is 0 Å². The Hall–Kier alpha value is -1.15. The van der Waals surface area contributed by atoms with Crippen LogP contribution in [0.4, 0.5) is 0 Å². The highest BCUT2D eigenvalue weighted by atomic mass is 35.5. The highest BCUT2D eigenvalue weighted by molar-refractivity contribution is 7.89. The van der Waals surface area contributed by atoms with Crippen molar-refractivity contribution in [3.63, 3.8) is 0 Å². The molecule has 0 bridgehead atoms. The standard InChI is InChI=1S/C19H27ClN2O4S/c1-22-18(23)11-12-19(22,24)14-9-10-16(20)17(13-14)27(25,26)21-15-7-5-3-2-4-6-8-15/h9-10,13,15,21,24H,2-8,11-12H2,1H3. The topological polar surface area (TPSA) is 86.7 Å². The zero-order valence-electron chi connectivity index (χ0n) is 15.6. The summed E-state index contributed by atoms with van der Waals surface area (Å²) >= 11 is 6.19. The molecule has 0 radical (unpaired) electrons. The number of hydrogen-bond acceptors (Lipinski definition) is 4. The number of carbonyl (C=O) groups is 1. The first-order valence-electron chi connectivity index (χ1n) is 9.55. The molecule has 1 aromatic carbocycles. The van der Waals surface area contributed by atoms with E-state index in [9.17, 15) is 18.3 Å². The van der Waals surface area contributed by atoms with Gasteiger partial charge in [0.1, 0.15) is 4.90 Å². The van der Waals surface area contributed by atoms with Crippen LogP contribution in [0.5, 0.6) is 0 Å². The van der Waals surface area contributed by atoms with Gasteiger partial charge in [-0.15, -0.1) is 0 Å². The number of benzene rings is 1. The van der Waals surface area contributed by atoms with Gasteiger partial charge in [0.25, 0.3) is 0 Å². The van der Waals surface area contributed by atoms with E-state index >= 15 is 0 Å². The van der Waals surface area contributed by atoms with Crippen molar-refractivity contribution < 1.29 is 18.3 Å². The highest BCUT2D eigenvalue weighted by Crippen LogP contribution is 2.38. The van der Waals surface area contributed by atoms with Crippen LogP contribution in [0.1, 0.15) is 63.4 Å². The first kappa shape index (κ1) is 20.6. The van der Waals surface area contributed by atoms with E-state index < -0.39 is 15.7 Å². The van der Waals surface area contributed by atoms with Crippen molar-refractivity contribution in [1.82, 2.24) is 9.62 Å². The first-order valence-corrected chi connectivity index (χ1v) is 11.4. The molecule has 2 fully saturated rings. The molecule has 150 valence electrons. The number of carbonyl (C=O) groups excluding carboxylic acids is 1. The van der Waals surface area contributed by atoms with Gasteiger partial charge in [-0.05, 0) is 25.0 Å². The number of nitrogens with zero attached hydrogens (tertiary/aromatic N) is 1. The Labute approximate surface area is 165 Å². The average molecular weight is 415 g/mol. The molecule has 1 aliphatic heterocycles. The third-order valence-corrected chi connectivity index (χ3v) is 7.73. The summed E-state index contributed by atoms with van der Waals surface area (Å²) in [6.45, 7) is 0. The molecule has 0 spiro atoms. The second kappa shape index (κ2) is 8.07. The molecule has 1 aliphatic carbocycles. The van der Waals surface area contributed by atoms with E-state index in [1.807, 2.05) is 0 Å². The predicted molar refractivity (Wildman–Crippen MR) is 104 cm³/mol. The molecule has 1 heterocycles. The van der Waals surface area contributed by atoms with Gasteiger partial charge in [0, 0.05) is 31.5 Å². The van der Waals surface area contributed by atoms with Gasteiger partial charge < -0.3 is 10.0 Å².